The second kappa shape index (κ2) is 7.04. The van der Waals surface area contributed by atoms with Gasteiger partial charge in [-0.25, -0.2) is 4.98 Å². The lowest BCUT2D eigenvalue weighted by Crippen LogP contribution is -2.20. The van der Waals surface area contributed by atoms with Crippen LogP contribution in [0.5, 0.6) is 0 Å². The smallest absolute Gasteiger partial charge is 0.244 e. The standard InChI is InChI=1S/C17H15Br2N3O2/c1-10-6-11(18)17(12(19)7-10)21-16(24)8-22-14-5-3-2-4-13(14)20-15(22)9-23/h2-7,23H,8-9H2,1H3,(H,21,24). The Morgan fingerprint density at radius 1 is 1.25 bits per heavy atom. The molecule has 0 fully saturated rings. The fraction of sp³-hybridized carbons (Fsp3) is 0.176. The number of nitrogens with zero attached hydrogens (tertiary/aromatic N) is 2. The van der Waals surface area contributed by atoms with Crippen molar-refractivity contribution in [1.82, 2.24) is 9.55 Å². The number of hydrogen-bond donors (Lipinski definition) is 2. The Labute approximate surface area is 156 Å². The van der Waals surface area contributed by atoms with Gasteiger partial charge in [0.05, 0.1) is 16.7 Å². The van der Waals surface area contributed by atoms with Crippen molar-refractivity contribution in [3.63, 3.8) is 0 Å². The van der Waals surface area contributed by atoms with Crippen molar-refractivity contribution in [2.24, 2.45) is 0 Å². The van der Waals surface area contributed by atoms with Crippen LogP contribution in [-0.4, -0.2) is 20.6 Å². The molecule has 2 aromatic carbocycles. The molecule has 0 aliphatic carbocycles. The van der Waals surface area contributed by atoms with Crippen LogP contribution in [0, 0.1) is 6.92 Å². The maximum Gasteiger partial charge on any atom is 0.244 e. The van der Waals surface area contributed by atoms with Crippen molar-refractivity contribution >= 4 is 54.5 Å². The molecule has 124 valence electrons. The van der Waals surface area contributed by atoms with E-state index in [2.05, 4.69) is 42.2 Å². The first-order chi connectivity index (χ1) is 11.5. The van der Waals surface area contributed by atoms with Crippen molar-refractivity contribution in [2.45, 2.75) is 20.1 Å². The van der Waals surface area contributed by atoms with E-state index in [0.29, 0.717) is 11.5 Å². The molecule has 0 aliphatic rings. The van der Waals surface area contributed by atoms with Crippen LogP contribution in [0.25, 0.3) is 11.0 Å². The SMILES string of the molecule is Cc1cc(Br)c(NC(=O)Cn2c(CO)nc3ccccc32)c(Br)c1. The highest BCUT2D eigenvalue weighted by Gasteiger charge is 2.15. The topological polar surface area (TPSA) is 67.2 Å². The summed E-state index contributed by atoms with van der Waals surface area (Å²) in [7, 11) is 0. The van der Waals surface area contributed by atoms with E-state index < -0.39 is 0 Å². The molecule has 0 saturated heterocycles. The number of hydrogen-bond acceptors (Lipinski definition) is 3. The van der Waals surface area contributed by atoms with Crippen LogP contribution in [0.15, 0.2) is 45.3 Å². The molecule has 1 heterocycles. The minimum atomic E-state index is -0.222. The van der Waals surface area contributed by atoms with Crippen molar-refractivity contribution in [1.29, 1.82) is 0 Å². The molecular formula is C17H15Br2N3O2. The summed E-state index contributed by atoms with van der Waals surface area (Å²) in [5.41, 5.74) is 3.33. The summed E-state index contributed by atoms with van der Waals surface area (Å²) in [5.74, 6) is 0.270. The lowest BCUT2D eigenvalue weighted by atomic mass is 10.2. The Balaban J connectivity index is 1.88. The first kappa shape index (κ1) is 17.1. The first-order valence-corrected chi connectivity index (χ1v) is 8.88. The molecule has 3 rings (SSSR count). The van der Waals surface area contributed by atoms with E-state index in [1.807, 2.05) is 43.3 Å². The lowest BCUT2D eigenvalue weighted by Gasteiger charge is -2.12. The number of halogens is 2. The van der Waals surface area contributed by atoms with Gasteiger partial charge in [-0.3, -0.25) is 4.79 Å². The molecule has 24 heavy (non-hydrogen) atoms. The monoisotopic (exact) mass is 451 g/mol. The summed E-state index contributed by atoms with van der Waals surface area (Å²) >= 11 is 6.94. The van der Waals surface area contributed by atoms with Crippen molar-refractivity contribution in [2.75, 3.05) is 5.32 Å². The summed E-state index contributed by atoms with van der Waals surface area (Å²) in [6, 6.07) is 11.4. The predicted octanol–water partition coefficient (Wildman–Crippen LogP) is 4.00. The molecule has 0 atom stereocenters. The number of aryl methyl sites for hydroxylation is 1. The molecule has 0 spiro atoms. The lowest BCUT2D eigenvalue weighted by molar-refractivity contribution is -0.116. The molecule has 0 unspecified atom stereocenters. The van der Waals surface area contributed by atoms with E-state index in [1.54, 1.807) is 4.57 Å². The average Bonchev–Trinajstić information content (AvgIpc) is 2.89. The van der Waals surface area contributed by atoms with Gasteiger partial charge < -0.3 is 15.0 Å². The highest BCUT2D eigenvalue weighted by molar-refractivity contribution is 9.11. The fourth-order valence-corrected chi connectivity index (χ4v) is 4.18. The summed E-state index contributed by atoms with van der Waals surface area (Å²) in [6.07, 6.45) is 0. The second-order valence-corrected chi connectivity index (χ2v) is 7.12. The maximum absolute atomic E-state index is 12.5. The normalized spacial score (nSPS) is 11.0. The third kappa shape index (κ3) is 3.38. The molecule has 1 amide bonds. The molecular weight excluding hydrogens is 438 g/mol. The van der Waals surface area contributed by atoms with Crippen LogP contribution < -0.4 is 5.32 Å². The Morgan fingerprint density at radius 2 is 1.92 bits per heavy atom. The van der Waals surface area contributed by atoms with Gasteiger partial charge in [-0.1, -0.05) is 12.1 Å². The number of nitrogens with one attached hydrogen (secondary N) is 1. The van der Waals surface area contributed by atoms with E-state index >= 15 is 0 Å². The van der Waals surface area contributed by atoms with E-state index in [-0.39, 0.29) is 19.1 Å². The average molecular weight is 453 g/mol. The largest absolute Gasteiger partial charge is 0.388 e. The van der Waals surface area contributed by atoms with Crippen molar-refractivity contribution < 1.29 is 9.90 Å². The van der Waals surface area contributed by atoms with Gasteiger partial charge in [-0.2, -0.15) is 0 Å². The number of benzene rings is 2. The molecule has 1 aromatic heterocycles. The van der Waals surface area contributed by atoms with Crippen LogP contribution in [0.4, 0.5) is 5.69 Å². The molecule has 0 bridgehead atoms. The Morgan fingerprint density at radius 3 is 2.58 bits per heavy atom. The fourth-order valence-electron chi connectivity index (χ4n) is 2.56. The van der Waals surface area contributed by atoms with Gasteiger partial charge >= 0.3 is 0 Å². The summed E-state index contributed by atoms with van der Waals surface area (Å²) in [5, 5.41) is 12.4. The zero-order chi connectivity index (χ0) is 17.3. The quantitative estimate of drug-likeness (QED) is 0.628. The molecule has 0 radical (unpaired) electrons. The molecule has 0 aliphatic heterocycles. The third-order valence-electron chi connectivity index (χ3n) is 3.63. The summed E-state index contributed by atoms with van der Waals surface area (Å²) in [6.45, 7) is 1.83. The summed E-state index contributed by atoms with van der Waals surface area (Å²) < 4.78 is 3.34. The molecule has 0 saturated carbocycles. The summed E-state index contributed by atoms with van der Waals surface area (Å²) in [4.78, 5) is 16.9. The second-order valence-electron chi connectivity index (χ2n) is 5.41. The van der Waals surface area contributed by atoms with E-state index in [0.717, 1.165) is 25.5 Å². The zero-order valence-corrected chi connectivity index (χ0v) is 16.1. The van der Waals surface area contributed by atoms with E-state index in [9.17, 15) is 9.90 Å². The highest BCUT2D eigenvalue weighted by Crippen LogP contribution is 2.32. The number of fused-ring (bicyclic) bond motifs is 1. The van der Waals surface area contributed by atoms with Gasteiger partial charge in [-0.05, 0) is 68.6 Å². The van der Waals surface area contributed by atoms with Gasteiger partial charge in [0.25, 0.3) is 0 Å². The number of imidazole rings is 1. The van der Waals surface area contributed by atoms with Crippen LogP contribution in [0.1, 0.15) is 11.4 Å². The van der Waals surface area contributed by atoms with Gasteiger partial charge in [0, 0.05) is 8.95 Å². The van der Waals surface area contributed by atoms with Crippen LogP contribution in [0.2, 0.25) is 0 Å². The van der Waals surface area contributed by atoms with Crippen molar-refractivity contribution in [3.8, 4) is 0 Å². The van der Waals surface area contributed by atoms with E-state index in [1.165, 1.54) is 0 Å². The molecule has 2 N–H and O–H groups in total. The zero-order valence-electron chi connectivity index (χ0n) is 12.9. The number of rotatable bonds is 4. The van der Waals surface area contributed by atoms with Gasteiger partial charge in [0.1, 0.15) is 19.0 Å². The number of carbonyl (C=O) groups is 1. The number of aliphatic hydroxyl groups excluding tert-OH is 1. The van der Waals surface area contributed by atoms with Gasteiger partial charge in [0.2, 0.25) is 5.91 Å². The van der Waals surface area contributed by atoms with E-state index in [4.69, 9.17) is 0 Å². The molecule has 7 heteroatoms. The minimum absolute atomic E-state index is 0.0726. The Hall–Kier alpha value is -1.70. The van der Waals surface area contributed by atoms with Gasteiger partial charge in [-0.15, -0.1) is 0 Å². The minimum Gasteiger partial charge on any atom is -0.388 e. The molecule has 3 aromatic rings. The Kier molecular flexibility index (Phi) is 5.03. The van der Waals surface area contributed by atoms with Crippen LogP contribution in [-0.2, 0) is 17.9 Å². The number of carbonyl (C=O) groups excluding carboxylic acids is 1. The predicted molar refractivity (Wildman–Crippen MR) is 101 cm³/mol. The number of anilines is 1. The van der Waals surface area contributed by atoms with Crippen molar-refractivity contribution in [3.05, 3.63) is 56.7 Å². The number of aromatic nitrogens is 2. The highest BCUT2D eigenvalue weighted by atomic mass is 79.9. The number of para-hydroxylation sites is 2. The number of aliphatic hydroxyl groups is 1. The molecule has 5 nitrogen and oxygen atoms in total. The first-order valence-electron chi connectivity index (χ1n) is 7.30. The number of amides is 1. The van der Waals surface area contributed by atoms with Gasteiger partial charge in [0.15, 0.2) is 0 Å². The third-order valence-corrected chi connectivity index (χ3v) is 4.88. The van der Waals surface area contributed by atoms with Crippen LogP contribution in [0.3, 0.4) is 0 Å². The maximum atomic E-state index is 12.5. The van der Waals surface area contributed by atoms with Crippen LogP contribution >= 0.6 is 31.9 Å². The Bertz CT molecular complexity index is 898.